The molecule has 8 aromatic rings. The van der Waals surface area contributed by atoms with Crippen LogP contribution in [0.2, 0.25) is 0 Å². The van der Waals surface area contributed by atoms with Crippen LogP contribution in [0.25, 0.3) is 33.5 Å². The van der Waals surface area contributed by atoms with Crippen LogP contribution in [-0.2, 0) is 94.9 Å². The molecule has 54 heteroatoms. The van der Waals surface area contributed by atoms with Crippen LogP contribution < -0.4 is 44.1 Å². The van der Waals surface area contributed by atoms with Gasteiger partial charge in [0.1, 0.15) is 66.6 Å². The number of ether oxygens (including phenoxy) is 3. The Balaban J connectivity index is 0.000000238. The minimum Gasteiger partial charge on any atom is -0.387 e. The van der Waals surface area contributed by atoms with Gasteiger partial charge >= 0.3 is 36.1 Å². The molecule has 15 atom stereocenters. The first-order valence-corrected chi connectivity index (χ1v) is 46.0. The van der Waals surface area contributed by atoms with E-state index in [0.29, 0.717) is 36.1 Å². The molecule has 699 valence electrons. The number of nitrogens with two attached hydrogens (primary N) is 3. The number of imidazole rings is 3. The Bertz CT molecular complexity index is 5220. The number of hydrogen-bond donors (Lipinski definition) is 14. The SMILES string of the molecule is CCC(C)(C)C(=O)SCCOP(=O)(NCc1ccc(C(F)(F)F)cc1)OC[C@H]1OC(n2cnc3c(=O)[nH]c(N)nc32)[C@@](C)(O)[C@H]1O.CCC(C)(C)C(=O)SCCOP(=O)(NCc1ccc(C(F)(F)F)cc1)OC[C@H]1OC(n2cnc3c(=O)[nH]c(N)nc32)[C@@](C)(O)[C@H]1O.CCC(C)(C)C(=O)SCCO[P+](=O)OC[C@H]1OC(n2cnc3c(=O)[nH]c(N)nc32)[C@@](C)(O)[C@H]1O.[B]. The number of rotatable bonds is 36. The lowest BCUT2D eigenvalue weighted by Crippen LogP contribution is -2.44. The lowest BCUT2D eigenvalue weighted by atomic mass is 9.92. The van der Waals surface area contributed by atoms with E-state index in [1.54, 1.807) is 27.7 Å². The zero-order chi connectivity index (χ0) is 93.4. The Morgan fingerprint density at radius 2 is 0.787 bits per heavy atom. The van der Waals surface area contributed by atoms with E-state index in [1.807, 2.05) is 34.6 Å². The summed E-state index contributed by atoms with van der Waals surface area (Å²) in [4.78, 5) is 104. The quantitative estimate of drug-likeness (QED) is 0.00785. The molecule has 0 spiro atoms. The number of nitrogens with one attached hydrogen (secondary N) is 5. The third-order valence-electron chi connectivity index (χ3n) is 21.0. The van der Waals surface area contributed by atoms with Crippen molar-refractivity contribution >= 4 is 134 Å². The lowest BCUT2D eigenvalue weighted by molar-refractivity contribution is -0.138. The van der Waals surface area contributed by atoms with Crippen molar-refractivity contribution < 1.29 is 126 Å². The fourth-order valence-electron chi connectivity index (χ4n) is 12.1. The molecule has 0 saturated carbocycles. The molecule has 3 aliphatic rings. The van der Waals surface area contributed by atoms with Gasteiger partial charge in [0.25, 0.3) is 16.7 Å². The van der Waals surface area contributed by atoms with Gasteiger partial charge in [0, 0.05) is 59.6 Å². The molecule has 127 heavy (non-hydrogen) atoms. The first-order valence-electron chi connectivity index (χ1n) is 38.8. The van der Waals surface area contributed by atoms with E-state index in [4.69, 9.17) is 58.6 Å². The lowest BCUT2D eigenvalue weighted by Gasteiger charge is -2.27. The Morgan fingerprint density at radius 3 is 1.07 bits per heavy atom. The van der Waals surface area contributed by atoms with Crippen LogP contribution in [0.4, 0.5) is 44.2 Å². The summed E-state index contributed by atoms with van der Waals surface area (Å²) in [7, 11) is -11.1. The molecule has 9 heterocycles. The number of nitrogen functional groups attached to an aromatic ring is 3. The van der Waals surface area contributed by atoms with E-state index >= 15 is 0 Å². The number of benzene rings is 2. The van der Waals surface area contributed by atoms with Crippen LogP contribution >= 0.6 is 59.0 Å². The maximum Gasteiger partial charge on any atom is 0.697 e. The highest BCUT2D eigenvalue weighted by Crippen LogP contribution is 2.50. The third kappa shape index (κ3) is 25.6. The summed E-state index contributed by atoms with van der Waals surface area (Å²) in [6, 6.07) is 8.32. The highest BCUT2D eigenvalue weighted by Gasteiger charge is 2.57. The predicted octanol–water partition coefficient (Wildman–Crippen LogP) is 7.43. The van der Waals surface area contributed by atoms with Crippen molar-refractivity contribution in [2.75, 3.05) is 74.1 Å². The number of nitrogens with zero attached hydrogens (tertiary/aromatic N) is 9. The molecule has 0 bridgehead atoms. The molecule has 11 rings (SSSR count). The number of aromatic amines is 3. The minimum atomic E-state index is -4.53. The monoisotopic (exact) mass is 1910 g/mol. The Hall–Kier alpha value is -7.53. The summed E-state index contributed by atoms with van der Waals surface area (Å²) in [6.07, 6.45) is -15.7. The van der Waals surface area contributed by atoms with Crippen LogP contribution in [0.5, 0.6) is 0 Å². The largest absolute Gasteiger partial charge is 0.697 e. The molecule has 0 aliphatic carbocycles. The maximum atomic E-state index is 13.8. The highest BCUT2D eigenvalue weighted by atomic mass is 32.2. The molecule has 17 N–H and O–H groups in total. The smallest absolute Gasteiger partial charge is 0.387 e. The molecule has 41 nitrogen and oxygen atoms in total. The fraction of sp³-hybridized carbons (Fsp3) is 0.589. The summed E-state index contributed by atoms with van der Waals surface area (Å²) < 4.78 is 171. The number of carbonyl (C=O) groups excluding carboxylic acids is 3. The zero-order valence-corrected chi connectivity index (χ0v) is 75.8. The van der Waals surface area contributed by atoms with Crippen LogP contribution in [0, 0.1) is 16.2 Å². The number of halogens is 6. The molecule has 3 radical (unpaired) electrons. The first-order chi connectivity index (χ1) is 58.6. The molecule has 2 aromatic carbocycles. The molecule has 0 amide bonds. The number of anilines is 3. The van der Waals surface area contributed by atoms with Gasteiger partial charge in [0.2, 0.25) is 17.8 Å². The number of aliphatic hydroxyl groups is 6. The molecule has 3 fully saturated rings. The Morgan fingerprint density at radius 1 is 0.504 bits per heavy atom. The van der Waals surface area contributed by atoms with Crippen LogP contribution in [0.15, 0.2) is 81.9 Å². The fourth-order valence-corrected chi connectivity index (χ4v) is 18.3. The standard InChI is InChI=1S/2C27H36F3N6O8PS.C19H28N5O8PS.B/c2*1-5-25(2,3)23(39)46-11-10-42-45(41,33-12-15-6-8-16(9-7-15)27(28,29)30)43-13-17-19(37)26(4,40)22(44-17)36-14-32-18-20(36)34-24(31)35-21(18)38;1-5-18(2,3)16(27)34-7-6-30-33(29)31-8-10-12(25)19(4,28)15(32-10)24-9-21-11-13(24)22-17(20)23-14(11)26;/h2*6-9,14,17,19,22,37,40H,5,10-13H2,1-4H3,(H,33,41)(H3,31,34,35,38);9-10,12,15,25,28H,5-8H2,1-4H3,(H2-,20,22,23,26);/p+1/t2*17-,19+,22?,26+,45?;10-,12+,15?,19+;/m111./s1. The van der Waals surface area contributed by atoms with Crippen molar-refractivity contribution in [3.8, 4) is 0 Å². The van der Waals surface area contributed by atoms with E-state index in [2.05, 4.69) is 55.0 Å². The van der Waals surface area contributed by atoms with Crippen molar-refractivity contribution in [3.05, 3.63) is 121 Å². The van der Waals surface area contributed by atoms with Gasteiger partial charge in [-0.3, -0.25) is 75.5 Å². The second-order valence-electron chi connectivity index (χ2n) is 31.7. The third-order valence-corrected chi connectivity index (χ3v) is 28.5. The van der Waals surface area contributed by atoms with Crippen molar-refractivity contribution in [1.29, 1.82) is 0 Å². The van der Waals surface area contributed by atoms with Crippen molar-refractivity contribution in [3.63, 3.8) is 0 Å². The molecule has 3 saturated heterocycles. The summed E-state index contributed by atoms with van der Waals surface area (Å²) in [5.74, 6) is -0.0146. The molecular formula is C73H101BF6N17O24P3S3+. The summed E-state index contributed by atoms with van der Waals surface area (Å²) in [5.41, 5.74) is 6.49. The molecule has 3 aliphatic heterocycles. The number of hydrogen-bond acceptors (Lipinski definition) is 36. The van der Waals surface area contributed by atoms with Crippen LogP contribution in [0.3, 0.4) is 0 Å². The summed E-state index contributed by atoms with van der Waals surface area (Å²) in [5, 5.41) is 70.8. The highest BCUT2D eigenvalue weighted by molar-refractivity contribution is 8.14. The van der Waals surface area contributed by atoms with Crippen molar-refractivity contribution in [1.82, 2.24) is 68.7 Å². The van der Waals surface area contributed by atoms with E-state index in [1.165, 1.54) is 77.7 Å². The van der Waals surface area contributed by atoms with E-state index in [9.17, 15) is 99.4 Å². The number of alkyl halides is 6. The van der Waals surface area contributed by atoms with E-state index in [-0.39, 0.29) is 126 Å². The van der Waals surface area contributed by atoms with Crippen LogP contribution in [-0.4, -0.2) is 223 Å². The van der Waals surface area contributed by atoms with Gasteiger partial charge in [-0.1, -0.05) is 122 Å². The number of carbonyl (C=O) groups is 3. The van der Waals surface area contributed by atoms with E-state index in [0.717, 1.165) is 59.6 Å². The van der Waals surface area contributed by atoms with Gasteiger partial charge in [-0.15, -0.1) is 9.05 Å². The Kier molecular flexibility index (Phi) is 35.0. The average Bonchev–Trinajstić information content (AvgIpc) is 1.60. The van der Waals surface area contributed by atoms with Gasteiger partial charge in [-0.25, -0.2) is 34.3 Å². The van der Waals surface area contributed by atoms with Gasteiger partial charge in [0.15, 0.2) is 67.5 Å². The summed E-state index contributed by atoms with van der Waals surface area (Å²) in [6.45, 7) is 18.2. The average molecular weight is 1910 g/mol. The molecule has 6 aromatic heterocycles. The van der Waals surface area contributed by atoms with Gasteiger partial charge in [-0.05, 0) is 75.4 Å². The normalized spacial score (nSPS) is 23.9. The minimum absolute atomic E-state index is 0. The second kappa shape index (κ2) is 42.4. The van der Waals surface area contributed by atoms with Gasteiger partial charge in [0.05, 0.1) is 56.5 Å². The van der Waals surface area contributed by atoms with Gasteiger partial charge in [-0.2, -0.15) is 41.3 Å². The summed E-state index contributed by atoms with van der Waals surface area (Å²) >= 11 is 3.08. The molecular weight excluding hydrogens is 1810 g/mol. The number of aliphatic hydroxyl groups excluding tert-OH is 3. The van der Waals surface area contributed by atoms with Crippen molar-refractivity contribution in [2.45, 2.75) is 200 Å². The molecule has 6 unspecified atom stereocenters. The van der Waals surface area contributed by atoms with Crippen molar-refractivity contribution in [2.24, 2.45) is 16.2 Å². The van der Waals surface area contributed by atoms with Gasteiger partial charge < -0.3 is 62.1 Å². The Labute approximate surface area is 736 Å². The first kappa shape index (κ1) is 105. The second-order valence-corrected chi connectivity index (χ2v) is 39.5. The zero-order valence-electron chi connectivity index (χ0n) is 70.6. The van der Waals surface area contributed by atoms with E-state index < -0.39 is 165 Å². The topological polar surface area (TPSA) is 600 Å². The number of fused-ring (bicyclic) bond motifs is 3. The number of thioether (sulfide) groups is 3. The maximum absolute atomic E-state index is 13.8. The number of H-pyrrole nitrogens is 3. The number of aromatic nitrogens is 12. The predicted molar refractivity (Wildman–Crippen MR) is 455 cm³/mol. The van der Waals surface area contributed by atoms with Crippen LogP contribution in [0.1, 0.15) is 143 Å².